The Bertz CT molecular complexity index is 816. The SMILES string of the molecule is CC(C)NS(=O)(=O)c1c[nH]c(C(=O)N(CCN)CCc2ccccc2)c1. The second-order valence-electron chi connectivity index (χ2n) is 6.34. The lowest BCUT2D eigenvalue weighted by Gasteiger charge is -2.21. The summed E-state index contributed by atoms with van der Waals surface area (Å²) in [4.78, 5) is 17.2. The fraction of sp³-hybridized carbons (Fsp3) is 0.389. The molecule has 0 unspecified atom stereocenters. The van der Waals surface area contributed by atoms with E-state index in [0.29, 0.717) is 26.1 Å². The van der Waals surface area contributed by atoms with Gasteiger partial charge in [-0.05, 0) is 31.9 Å². The van der Waals surface area contributed by atoms with E-state index >= 15 is 0 Å². The van der Waals surface area contributed by atoms with Crippen molar-refractivity contribution in [2.24, 2.45) is 5.73 Å². The maximum absolute atomic E-state index is 12.7. The molecular weight excluding hydrogens is 352 g/mol. The van der Waals surface area contributed by atoms with Gasteiger partial charge in [-0.15, -0.1) is 0 Å². The number of amides is 1. The number of nitrogens with one attached hydrogen (secondary N) is 2. The van der Waals surface area contributed by atoms with Gasteiger partial charge in [0.2, 0.25) is 10.0 Å². The molecule has 7 nitrogen and oxygen atoms in total. The summed E-state index contributed by atoms with van der Waals surface area (Å²) in [5.41, 5.74) is 6.99. The molecule has 2 aromatic rings. The minimum absolute atomic E-state index is 0.0466. The van der Waals surface area contributed by atoms with Gasteiger partial charge < -0.3 is 15.6 Å². The van der Waals surface area contributed by atoms with Crippen molar-refractivity contribution in [1.29, 1.82) is 0 Å². The van der Waals surface area contributed by atoms with Crippen LogP contribution in [0.1, 0.15) is 29.9 Å². The number of sulfonamides is 1. The number of aromatic amines is 1. The lowest BCUT2D eigenvalue weighted by atomic mass is 10.1. The number of hydrogen-bond donors (Lipinski definition) is 3. The molecule has 0 radical (unpaired) electrons. The number of H-pyrrole nitrogens is 1. The van der Waals surface area contributed by atoms with Gasteiger partial charge in [-0.25, -0.2) is 13.1 Å². The van der Waals surface area contributed by atoms with Gasteiger partial charge in [0.05, 0.1) is 0 Å². The van der Waals surface area contributed by atoms with Gasteiger partial charge in [0.25, 0.3) is 5.91 Å². The molecule has 2 rings (SSSR count). The molecule has 0 aliphatic rings. The number of hydrogen-bond acceptors (Lipinski definition) is 4. The monoisotopic (exact) mass is 378 g/mol. The quantitative estimate of drug-likeness (QED) is 0.612. The van der Waals surface area contributed by atoms with Crippen LogP contribution in [0.2, 0.25) is 0 Å². The van der Waals surface area contributed by atoms with Gasteiger partial charge in [-0.1, -0.05) is 30.3 Å². The summed E-state index contributed by atoms with van der Waals surface area (Å²) in [5.74, 6) is -0.266. The Kier molecular flexibility index (Phi) is 6.96. The lowest BCUT2D eigenvalue weighted by molar-refractivity contribution is 0.0757. The molecule has 0 spiro atoms. The van der Waals surface area contributed by atoms with Crippen LogP contribution in [0.15, 0.2) is 47.5 Å². The molecule has 1 amide bonds. The third-order valence-electron chi connectivity index (χ3n) is 3.79. The van der Waals surface area contributed by atoms with Crippen LogP contribution in [0.3, 0.4) is 0 Å². The Balaban J connectivity index is 2.11. The molecule has 0 saturated heterocycles. The molecule has 1 aromatic heterocycles. The van der Waals surface area contributed by atoms with Crippen LogP contribution >= 0.6 is 0 Å². The second kappa shape index (κ2) is 8.98. The molecule has 142 valence electrons. The molecule has 1 heterocycles. The van der Waals surface area contributed by atoms with Crippen molar-refractivity contribution in [1.82, 2.24) is 14.6 Å². The van der Waals surface area contributed by atoms with Crippen molar-refractivity contribution in [3.63, 3.8) is 0 Å². The third-order valence-corrected chi connectivity index (χ3v) is 5.43. The number of carbonyl (C=O) groups excluding carboxylic acids is 1. The number of nitrogens with zero attached hydrogens (tertiary/aromatic N) is 1. The van der Waals surface area contributed by atoms with E-state index in [2.05, 4.69) is 9.71 Å². The van der Waals surface area contributed by atoms with E-state index in [-0.39, 0.29) is 22.5 Å². The maximum atomic E-state index is 12.7. The van der Waals surface area contributed by atoms with Crippen molar-refractivity contribution in [3.05, 3.63) is 53.9 Å². The molecule has 0 aliphatic heterocycles. The molecule has 0 atom stereocenters. The van der Waals surface area contributed by atoms with Crippen LogP contribution in [0, 0.1) is 0 Å². The minimum Gasteiger partial charge on any atom is -0.356 e. The molecule has 1 aromatic carbocycles. The van der Waals surface area contributed by atoms with Crippen molar-refractivity contribution in [3.8, 4) is 0 Å². The Labute approximate surface area is 154 Å². The maximum Gasteiger partial charge on any atom is 0.270 e. The van der Waals surface area contributed by atoms with Crippen molar-refractivity contribution >= 4 is 15.9 Å². The molecule has 0 fully saturated rings. The Morgan fingerprint density at radius 2 is 1.92 bits per heavy atom. The number of aromatic nitrogens is 1. The van der Waals surface area contributed by atoms with Crippen LogP contribution < -0.4 is 10.5 Å². The van der Waals surface area contributed by atoms with Gasteiger partial charge in [0.1, 0.15) is 10.6 Å². The van der Waals surface area contributed by atoms with E-state index in [1.54, 1.807) is 18.7 Å². The van der Waals surface area contributed by atoms with E-state index in [4.69, 9.17) is 5.73 Å². The van der Waals surface area contributed by atoms with E-state index in [0.717, 1.165) is 5.56 Å². The number of carbonyl (C=O) groups is 1. The first kappa shape index (κ1) is 20.2. The molecule has 0 bridgehead atoms. The Morgan fingerprint density at radius 3 is 2.54 bits per heavy atom. The second-order valence-corrected chi connectivity index (χ2v) is 8.06. The first-order valence-electron chi connectivity index (χ1n) is 8.57. The predicted octanol–water partition coefficient (Wildman–Crippen LogP) is 1.35. The summed E-state index contributed by atoms with van der Waals surface area (Å²) in [7, 11) is -3.64. The molecule has 26 heavy (non-hydrogen) atoms. The van der Waals surface area contributed by atoms with Crippen molar-refractivity contribution < 1.29 is 13.2 Å². The summed E-state index contributed by atoms with van der Waals surface area (Å²) >= 11 is 0. The van der Waals surface area contributed by atoms with E-state index in [9.17, 15) is 13.2 Å². The lowest BCUT2D eigenvalue weighted by Crippen LogP contribution is -2.37. The molecule has 0 aliphatic carbocycles. The predicted molar refractivity (Wildman–Crippen MR) is 101 cm³/mol. The number of benzene rings is 1. The normalized spacial score (nSPS) is 11.7. The standard InChI is InChI=1S/C18H26N4O3S/c1-14(2)21-26(24,25)16-12-17(20-13-16)18(23)22(11-9-19)10-8-15-6-4-3-5-7-15/h3-7,12-14,20-21H,8-11,19H2,1-2H3. The van der Waals surface area contributed by atoms with E-state index < -0.39 is 10.0 Å². The van der Waals surface area contributed by atoms with Gasteiger partial charge in [0, 0.05) is 31.9 Å². The fourth-order valence-corrected chi connectivity index (χ4v) is 3.83. The van der Waals surface area contributed by atoms with Gasteiger partial charge in [-0.2, -0.15) is 0 Å². The smallest absolute Gasteiger partial charge is 0.270 e. The first-order chi connectivity index (χ1) is 12.3. The zero-order chi connectivity index (χ0) is 19.2. The van der Waals surface area contributed by atoms with Crippen LogP contribution in [0.25, 0.3) is 0 Å². The summed E-state index contributed by atoms with van der Waals surface area (Å²) in [6, 6.07) is 11.0. The van der Waals surface area contributed by atoms with Crippen LogP contribution in [0.4, 0.5) is 0 Å². The number of nitrogens with two attached hydrogens (primary N) is 1. The summed E-state index contributed by atoms with van der Waals surface area (Å²) in [5, 5.41) is 0. The van der Waals surface area contributed by atoms with Crippen LogP contribution in [-0.2, 0) is 16.4 Å². The van der Waals surface area contributed by atoms with Crippen molar-refractivity contribution in [2.75, 3.05) is 19.6 Å². The Morgan fingerprint density at radius 1 is 1.23 bits per heavy atom. The van der Waals surface area contributed by atoms with Crippen molar-refractivity contribution in [2.45, 2.75) is 31.2 Å². The molecule has 8 heteroatoms. The first-order valence-corrected chi connectivity index (χ1v) is 10.1. The largest absolute Gasteiger partial charge is 0.356 e. The Hall–Kier alpha value is -2.16. The number of rotatable bonds is 9. The zero-order valence-corrected chi connectivity index (χ0v) is 15.9. The third kappa shape index (κ3) is 5.42. The highest BCUT2D eigenvalue weighted by Gasteiger charge is 2.22. The minimum atomic E-state index is -3.64. The topological polar surface area (TPSA) is 108 Å². The summed E-state index contributed by atoms with van der Waals surface area (Å²) in [6.45, 7) is 4.72. The zero-order valence-electron chi connectivity index (χ0n) is 15.1. The highest BCUT2D eigenvalue weighted by Crippen LogP contribution is 2.13. The molecule has 4 N–H and O–H groups in total. The van der Waals surface area contributed by atoms with E-state index in [1.165, 1.54) is 12.3 Å². The van der Waals surface area contributed by atoms with Gasteiger partial charge in [-0.3, -0.25) is 4.79 Å². The van der Waals surface area contributed by atoms with Crippen LogP contribution in [-0.4, -0.2) is 49.9 Å². The summed E-state index contributed by atoms with van der Waals surface area (Å²) in [6.07, 6.45) is 2.03. The average Bonchev–Trinajstić information content (AvgIpc) is 3.09. The van der Waals surface area contributed by atoms with E-state index in [1.807, 2.05) is 30.3 Å². The van der Waals surface area contributed by atoms with Gasteiger partial charge in [0.15, 0.2) is 0 Å². The van der Waals surface area contributed by atoms with Gasteiger partial charge >= 0.3 is 0 Å². The molecular formula is C18H26N4O3S. The van der Waals surface area contributed by atoms with Crippen LogP contribution in [0.5, 0.6) is 0 Å². The highest BCUT2D eigenvalue weighted by molar-refractivity contribution is 7.89. The summed E-state index contributed by atoms with van der Waals surface area (Å²) < 4.78 is 26.9. The highest BCUT2D eigenvalue weighted by atomic mass is 32.2. The average molecular weight is 378 g/mol. The fourth-order valence-electron chi connectivity index (χ4n) is 2.58. The molecule has 0 saturated carbocycles.